The van der Waals surface area contributed by atoms with E-state index in [1.165, 1.54) is 0 Å². The van der Waals surface area contributed by atoms with E-state index in [4.69, 9.17) is 4.74 Å². The number of carbonyl (C=O) groups is 1. The minimum atomic E-state index is -0.406. The molecule has 0 aromatic carbocycles. The molecule has 0 amide bonds. The molecular weight excluding hydrogens is 194 g/mol. The summed E-state index contributed by atoms with van der Waals surface area (Å²) >= 11 is 0. The van der Waals surface area contributed by atoms with E-state index in [-0.39, 0.29) is 0 Å². The third kappa shape index (κ3) is 1.68. The Morgan fingerprint density at radius 1 is 1.60 bits per heavy atom. The van der Waals surface area contributed by atoms with Crippen LogP contribution in [0.1, 0.15) is 23.1 Å². The van der Waals surface area contributed by atoms with Gasteiger partial charge in [-0.15, -0.1) is 0 Å². The van der Waals surface area contributed by atoms with E-state index in [0.29, 0.717) is 18.0 Å². The number of hydrogen-bond acceptors (Lipinski definition) is 4. The summed E-state index contributed by atoms with van der Waals surface area (Å²) in [6.07, 6.45) is 5.05. The summed E-state index contributed by atoms with van der Waals surface area (Å²) in [5.41, 5.74) is 1.77. The van der Waals surface area contributed by atoms with Gasteiger partial charge >= 0.3 is 5.97 Å². The van der Waals surface area contributed by atoms with Crippen LogP contribution in [0.4, 0.5) is 0 Å². The zero-order valence-electron chi connectivity index (χ0n) is 8.60. The first-order valence-electron chi connectivity index (χ1n) is 4.70. The molecule has 0 aliphatic carbocycles. The molecule has 0 unspecified atom stereocenters. The highest BCUT2D eigenvalue weighted by molar-refractivity contribution is 5.87. The summed E-state index contributed by atoms with van der Waals surface area (Å²) in [5.74, 6) is -0.406. The van der Waals surface area contributed by atoms with Crippen molar-refractivity contribution in [2.24, 2.45) is 0 Å². The lowest BCUT2D eigenvalue weighted by Gasteiger charge is -2.03. The quantitative estimate of drug-likeness (QED) is 0.691. The fourth-order valence-corrected chi connectivity index (χ4v) is 1.39. The van der Waals surface area contributed by atoms with Gasteiger partial charge in [0, 0.05) is 18.6 Å². The molecule has 15 heavy (non-hydrogen) atoms. The lowest BCUT2D eigenvalue weighted by atomic mass is 10.4. The van der Waals surface area contributed by atoms with Gasteiger partial charge in [0.2, 0.25) is 0 Å². The number of imidazole rings is 1. The molecule has 0 radical (unpaired) electrons. The van der Waals surface area contributed by atoms with E-state index in [9.17, 15) is 4.79 Å². The smallest absolute Gasteiger partial charge is 0.358 e. The molecule has 5 heteroatoms. The lowest BCUT2D eigenvalue weighted by Crippen LogP contribution is -2.09. The molecule has 2 aromatic rings. The summed E-state index contributed by atoms with van der Waals surface area (Å²) in [7, 11) is 0. The first-order chi connectivity index (χ1) is 7.22. The fraction of sp³-hybridized carbons (Fsp3) is 0.300. The first kappa shape index (κ1) is 9.64. The van der Waals surface area contributed by atoms with Gasteiger partial charge in [-0.2, -0.15) is 0 Å². The van der Waals surface area contributed by atoms with Gasteiger partial charge in [0.15, 0.2) is 11.3 Å². The summed E-state index contributed by atoms with van der Waals surface area (Å²) in [5, 5.41) is 0. The van der Waals surface area contributed by atoms with Gasteiger partial charge in [-0.1, -0.05) is 0 Å². The third-order valence-electron chi connectivity index (χ3n) is 2.03. The predicted molar refractivity (Wildman–Crippen MR) is 53.7 cm³/mol. The van der Waals surface area contributed by atoms with Gasteiger partial charge in [0.25, 0.3) is 0 Å². The number of aromatic nitrogens is 3. The molecule has 2 rings (SSSR count). The monoisotopic (exact) mass is 205 g/mol. The molecule has 0 saturated carbocycles. The Morgan fingerprint density at radius 3 is 3.13 bits per heavy atom. The highest BCUT2D eigenvalue weighted by atomic mass is 16.5. The molecular formula is C10H11N3O2. The maximum atomic E-state index is 11.4. The van der Waals surface area contributed by atoms with Gasteiger partial charge in [0.1, 0.15) is 0 Å². The molecule has 0 atom stereocenters. The zero-order valence-corrected chi connectivity index (χ0v) is 8.60. The molecule has 0 bridgehead atoms. The number of ether oxygens (including phenoxy) is 1. The van der Waals surface area contributed by atoms with Crippen molar-refractivity contribution in [2.75, 3.05) is 6.61 Å². The van der Waals surface area contributed by atoms with Gasteiger partial charge in [-0.05, 0) is 13.8 Å². The number of aryl methyl sites for hydroxylation is 1. The van der Waals surface area contributed by atoms with Crippen LogP contribution in [-0.4, -0.2) is 26.9 Å². The number of fused-ring (bicyclic) bond motifs is 1. The van der Waals surface area contributed by atoms with E-state index in [1.54, 1.807) is 29.9 Å². The second kappa shape index (κ2) is 3.68. The Balaban J connectivity index is 2.49. The fourth-order valence-electron chi connectivity index (χ4n) is 1.39. The Morgan fingerprint density at radius 2 is 2.40 bits per heavy atom. The number of esters is 1. The van der Waals surface area contributed by atoms with Crippen LogP contribution in [0.25, 0.3) is 5.65 Å². The van der Waals surface area contributed by atoms with E-state index in [1.807, 2.05) is 6.92 Å². The second-order valence-corrected chi connectivity index (χ2v) is 3.09. The largest absolute Gasteiger partial charge is 0.461 e. The molecule has 0 aliphatic heterocycles. The molecule has 2 heterocycles. The van der Waals surface area contributed by atoms with Crippen molar-refractivity contribution in [3.8, 4) is 0 Å². The Hall–Kier alpha value is -1.91. The molecule has 0 saturated heterocycles. The molecule has 0 spiro atoms. The Kier molecular flexibility index (Phi) is 2.37. The third-order valence-corrected chi connectivity index (χ3v) is 2.03. The van der Waals surface area contributed by atoms with Crippen LogP contribution in [0.15, 0.2) is 18.6 Å². The average molecular weight is 205 g/mol. The van der Waals surface area contributed by atoms with Crippen LogP contribution in [0.2, 0.25) is 0 Å². The maximum absolute atomic E-state index is 11.4. The van der Waals surface area contributed by atoms with Crippen LogP contribution in [0.3, 0.4) is 0 Å². The highest BCUT2D eigenvalue weighted by Gasteiger charge is 2.11. The molecule has 0 N–H and O–H groups in total. The average Bonchev–Trinajstić information content (AvgIpc) is 2.66. The van der Waals surface area contributed by atoms with Gasteiger partial charge in [0.05, 0.1) is 12.3 Å². The van der Waals surface area contributed by atoms with Crippen molar-refractivity contribution in [3.63, 3.8) is 0 Å². The van der Waals surface area contributed by atoms with Gasteiger partial charge in [-0.25, -0.2) is 14.8 Å². The first-order valence-corrected chi connectivity index (χ1v) is 4.70. The van der Waals surface area contributed by atoms with Crippen LogP contribution in [-0.2, 0) is 4.74 Å². The molecule has 0 aliphatic rings. The van der Waals surface area contributed by atoms with E-state index >= 15 is 0 Å². The summed E-state index contributed by atoms with van der Waals surface area (Å²) in [4.78, 5) is 19.7. The van der Waals surface area contributed by atoms with Crippen molar-refractivity contribution in [2.45, 2.75) is 13.8 Å². The van der Waals surface area contributed by atoms with Crippen LogP contribution in [0.5, 0.6) is 0 Å². The van der Waals surface area contributed by atoms with Crippen LogP contribution in [0, 0.1) is 6.92 Å². The zero-order chi connectivity index (χ0) is 10.8. The minimum absolute atomic E-state index is 0.305. The number of rotatable bonds is 2. The molecule has 0 fully saturated rings. The number of nitrogens with zero attached hydrogens (tertiary/aromatic N) is 3. The summed E-state index contributed by atoms with van der Waals surface area (Å²) in [6, 6.07) is 0. The summed E-state index contributed by atoms with van der Waals surface area (Å²) < 4.78 is 6.63. The lowest BCUT2D eigenvalue weighted by molar-refractivity contribution is 0.0518. The van der Waals surface area contributed by atoms with Crippen LogP contribution >= 0.6 is 0 Å². The van der Waals surface area contributed by atoms with E-state index in [2.05, 4.69) is 9.97 Å². The Labute approximate surface area is 86.7 Å². The van der Waals surface area contributed by atoms with E-state index in [0.717, 1.165) is 5.65 Å². The predicted octanol–water partition coefficient (Wildman–Crippen LogP) is 1.21. The highest BCUT2D eigenvalue weighted by Crippen LogP contribution is 2.07. The number of carbonyl (C=O) groups excluding carboxylic acids is 1. The van der Waals surface area contributed by atoms with Gasteiger partial charge in [-0.3, -0.25) is 0 Å². The van der Waals surface area contributed by atoms with Crippen molar-refractivity contribution in [1.29, 1.82) is 0 Å². The number of hydrogen-bond donors (Lipinski definition) is 0. The van der Waals surface area contributed by atoms with Crippen molar-refractivity contribution in [3.05, 3.63) is 30.0 Å². The van der Waals surface area contributed by atoms with Crippen LogP contribution < -0.4 is 0 Å². The molecule has 5 nitrogen and oxygen atoms in total. The van der Waals surface area contributed by atoms with E-state index < -0.39 is 5.97 Å². The SMILES string of the molecule is CCOC(=O)c1cn2ccnc2c(C)n1. The topological polar surface area (TPSA) is 56.5 Å². The summed E-state index contributed by atoms with van der Waals surface area (Å²) in [6.45, 7) is 3.92. The standard InChI is InChI=1S/C10H11N3O2/c1-3-15-10(14)8-6-13-5-4-11-9(13)7(2)12-8/h4-6H,3H2,1-2H3. The Bertz CT molecular complexity index is 504. The van der Waals surface area contributed by atoms with Crippen molar-refractivity contribution >= 4 is 11.6 Å². The molecule has 2 aromatic heterocycles. The van der Waals surface area contributed by atoms with Crippen molar-refractivity contribution in [1.82, 2.24) is 14.4 Å². The van der Waals surface area contributed by atoms with Crippen molar-refractivity contribution < 1.29 is 9.53 Å². The maximum Gasteiger partial charge on any atom is 0.358 e. The molecule has 78 valence electrons. The minimum Gasteiger partial charge on any atom is -0.461 e. The van der Waals surface area contributed by atoms with Gasteiger partial charge < -0.3 is 9.14 Å². The normalized spacial score (nSPS) is 10.5. The second-order valence-electron chi connectivity index (χ2n) is 3.09.